The Kier molecular flexibility index (Phi) is 5.72. The van der Waals surface area contributed by atoms with Crippen molar-refractivity contribution in [2.24, 2.45) is 0 Å². The van der Waals surface area contributed by atoms with E-state index in [9.17, 15) is 26.3 Å². The van der Waals surface area contributed by atoms with E-state index in [1.165, 1.54) is 12.1 Å². The largest absolute Gasteiger partial charge is 0.446 e. The predicted octanol–water partition coefficient (Wildman–Crippen LogP) is 3.48. The van der Waals surface area contributed by atoms with Crippen LogP contribution >= 0.6 is 11.8 Å². The standard InChI is InChI=1S/C11H11F6NOS/c12-10(13,14)6-18-9(5-19)7-1-3-8(4-2-7)20-11(15,16)17/h1-4,9,18-19H,5-6H2. The molecule has 2 nitrogen and oxygen atoms in total. The van der Waals surface area contributed by atoms with E-state index in [2.05, 4.69) is 5.32 Å². The Morgan fingerprint density at radius 3 is 2.00 bits per heavy atom. The third-order valence-electron chi connectivity index (χ3n) is 2.25. The Balaban J connectivity index is 2.70. The van der Waals surface area contributed by atoms with Crippen LogP contribution in [-0.2, 0) is 0 Å². The number of halogens is 6. The van der Waals surface area contributed by atoms with Crippen LogP contribution in [0.4, 0.5) is 26.3 Å². The number of alkyl halides is 6. The van der Waals surface area contributed by atoms with Gasteiger partial charge in [-0.25, -0.2) is 0 Å². The lowest BCUT2D eigenvalue weighted by Crippen LogP contribution is -2.33. The van der Waals surface area contributed by atoms with Gasteiger partial charge in [0.1, 0.15) is 0 Å². The Bertz CT molecular complexity index is 416. The van der Waals surface area contributed by atoms with E-state index in [0.29, 0.717) is 0 Å². The monoisotopic (exact) mass is 319 g/mol. The Hall–Kier alpha value is -0.930. The van der Waals surface area contributed by atoms with Crippen molar-refractivity contribution >= 4 is 11.8 Å². The minimum absolute atomic E-state index is 0.0752. The van der Waals surface area contributed by atoms with Crippen molar-refractivity contribution in [1.82, 2.24) is 5.32 Å². The van der Waals surface area contributed by atoms with Crippen LogP contribution in [0.1, 0.15) is 11.6 Å². The summed E-state index contributed by atoms with van der Waals surface area (Å²) in [6.45, 7) is -1.89. The maximum Gasteiger partial charge on any atom is 0.446 e. The lowest BCUT2D eigenvalue weighted by atomic mass is 10.1. The SMILES string of the molecule is OCC(NCC(F)(F)F)c1ccc(SC(F)(F)F)cc1. The van der Waals surface area contributed by atoms with Gasteiger partial charge in [-0.15, -0.1) is 0 Å². The number of aliphatic hydroxyl groups excluding tert-OH is 1. The Morgan fingerprint density at radius 1 is 1.05 bits per heavy atom. The van der Waals surface area contributed by atoms with Gasteiger partial charge in [0.05, 0.1) is 19.2 Å². The van der Waals surface area contributed by atoms with Gasteiger partial charge in [0.15, 0.2) is 0 Å². The summed E-state index contributed by atoms with van der Waals surface area (Å²) in [4.78, 5) is -0.0752. The average molecular weight is 319 g/mol. The minimum Gasteiger partial charge on any atom is -0.394 e. The van der Waals surface area contributed by atoms with Crippen LogP contribution in [0.2, 0.25) is 0 Å². The lowest BCUT2D eigenvalue weighted by Gasteiger charge is -2.18. The van der Waals surface area contributed by atoms with Crippen molar-refractivity contribution in [1.29, 1.82) is 0 Å². The molecule has 0 aliphatic heterocycles. The van der Waals surface area contributed by atoms with Crippen molar-refractivity contribution in [2.45, 2.75) is 22.6 Å². The first-order valence-corrected chi connectivity index (χ1v) is 6.19. The topological polar surface area (TPSA) is 32.3 Å². The number of hydrogen-bond acceptors (Lipinski definition) is 3. The summed E-state index contributed by atoms with van der Waals surface area (Å²) >= 11 is -0.317. The van der Waals surface area contributed by atoms with Crippen LogP contribution in [0.15, 0.2) is 29.2 Å². The molecule has 2 N–H and O–H groups in total. The van der Waals surface area contributed by atoms with Gasteiger partial charge in [-0.2, -0.15) is 26.3 Å². The van der Waals surface area contributed by atoms with Gasteiger partial charge in [-0.1, -0.05) is 12.1 Å². The second-order valence-corrected chi connectivity index (χ2v) is 4.99. The molecule has 0 bridgehead atoms. The number of nitrogens with one attached hydrogen (secondary N) is 1. The molecule has 0 aromatic heterocycles. The van der Waals surface area contributed by atoms with E-state index < -0.39 is 30.9 Å². The molecule has 1 unspecified atom stereocenters. The Morgan fingerprint density at radius 2 is 1.60 bits per heavy atom. The molecule has 0 saturated carbocycles. The molecule has 1 aromatic rings. The van der Waals surface area contributed by atoms with E-state index >= 15 is 0 Å². The molecule has 0 amide bonds. The third kappa shape index (κ3) is 6.49. The maximum absolute atomic E-state index is 12.1. The van der Waals surface area contributed by atoms with Crippen molar-refractivity contribution in [2.75, 3.05) is 13.2 Å². The number of aliphatic hydroxyl groups is 1. The summed E-state index contributed by atoms with van der Waals surface area (Å²) in [7, 11) is 0. The van der Waals surface area contributed by atoms with Crippen molar-refractivity contribution in [3.63, 3.8) is 0 Å². The predicted molar refractivity (Wildman–Crippen MR) is 62.2 cm³/mol. The molecule has 0 heterocycles. The number of hydrogen-bond donors (Lipinski definition) is 2. The van der Waals surface area contributed by atoms with Gasteiger partial charge in [0.25, 0.3) is 0 Å². The molecule has 0 fully saturated rings. The van der Waals surface area contributed by atoms with E-state index in [1.54, 1.807) is 0 Å². The molecule has 114 valence electrons. The van der Waals surface area contributed by atoms with Crippen LogP contribution in [-0.4, -0.2) is 29.9 Å². The molecule has 9 heteroatoms. The fourth-order valence-corrected chi connectivity index (χ4v) is 1.97. The van der Waals surface area contributed by atoms with Crippen LogP contribution in [0.3, 0.4) is 0 Å². The van der Waals surface area contributed by atoms with Gasteiger partial charge in [-0.3, -0.25) is 5.32 Å². The Labute approximate surface area is 115 Å². The highest BCUT2D eigenvalue weighted by Crippen LogP contribution is 2.37. The molecular weight excluding hydrogens is 308 g/mol. The summed E-state index contributed by atoms with van der Waals surface area (Å²) < 4.78 is 72.4. The van der Waals surface area contributed by atoms with Crippen LogP contribution < -0.4 is 5.32 Å². The quantitative estimate of drug-likeness (QED) is 0.644. The second kappa shape index (κ2) is 6.68. The van der Waals surface area contributed by atoms with Crippen molar-refractivity contribution < 1.29 is 31.4 Å². The second-order valence-electron chi connectivity index (χ2n) is 3.85. The molecule has 0 aliphatic carbocycles. The van der Waals surface area contributed by atoms with E-state index in [0.717, 1.165) is 12.1 Å². The first kappa shape index (κ1) is 17.1. The highest BCUT2D eigenvalue weighted by molar-refractivity contribution is 8.00. The fraction of sp³-hybridized carbons (Fsp3) is 0.455. The van der Waals surface area contributed by atoms with Gasteiger partial charge in [-0.05, 0) is 29.5 Å². The summed E-state index contributed by atoms with van der Waals surface area (Å²) in [5.41, 5.74) is -4.14. The highest BCUT2D eigenvalue weighted by Gasteiger charge is 2.30. The van der Waals surface area contributed by atoms with Gasteiger partial charge in [0.2, 0.25) is 0 Å². The third-order valence-corrected chi connectivity index (χ3v) is 2.99. The highest BCUT2D eigenvalue weighted by atomic mass is 32.2. The molecular formula is C11H11F6NOS. The summed E-state index contributed by atoms with van der Waals surface area (Å²) in [6, 6.07) is 3.80. The van der Waals surface area contributed by atoms with Crippen molar-refractivity contribution in [3.05, 3.63) is 29.8 Å². The van der Waals surface area contributed by atoms with E-state index in [-0.39, 0.29) is 22.2 Å². The molecule has 1 aromatic carbocycles. The normalized spacial score (nSPS) is 14.3. The first-order valence-electron chi connectivity index (χ1n) is 5.37. The summed E-state index contributed by atoms with van der Waals surface area (Å²) in [5.74, 6) is 0. The summed E-state index contributed by atoms with van der Waals surface area (Å²) in [5, 5.41) is 11.1. The van der Waals surface area contributed by atoms with Crippen molar-refractivity contribution in [3.8, 4) is 0 Å². The smallest absolute Gasteiger partial charge is 0.394 e. The first-order chi connectivity index (χ1) is 9.11. The molecule has 0 aliphatic rings. The molecule has 0 radical (unpaired) electrons. The zero-order valence-electron chi connectivity index (χ0n) is 9.92. The van der Waals surface area contributed by atoms with Crippen LogP contribution in [0.5, 0.6) is 0 Å². The van der Waals surface area contributed by atoms with Crippen LogP contribution in [0, 0.1) is 0 Å². The van der Waals surface area contributed by atoms with E-state index in [1.807, 2.05) is 0 Å². The van der Waals surface area contributed by atoms with Crippen LogP contribution in [0.25, 0.3) is 0 Å². The lowest BCUT2D eigenvalue weighted by molar-refractivity contribution is -0.126. The minimum atomic E-state index is -4.43. The molecule has 20 heavy (non-hydrogen) atoms. The number of benzene rings is 1. The number of rotatable bonds is 5. The molecule has 1 rings (SSSR count). The van der Waals surface area contributed by atoms with Gasteiger partial charge in [0, 0.05) is 4.90 Å². The summed E-state index contributed by atoms with van der Waals surface area (Å²) in [6.07, 6.45) is -4.43. The van der Waals surface area contributed by atoms with Gasteiger partial charge < -0.3 is 5.11 Å². The zero-order valence-corrected chi connectivity index (χ0v) is 10.7. The van der Waals surface area contributed by atoms with Gasteiger partial charge >= 0.3 is 11.7 Å². The molecule has 1 atom stereocenters. The molecule has 0 saturated heterocycles. The molecule has 0 spiro atoms. The fourth-order valence-electron chi connectivity index (χ4n) is 1.43. The average Bonchev–Trinajstić information content (AvgIpc) is 2.28. The maximum atomic E-state index is 12.1. The zero-order chi connectivity index (χ0) is 15.4. The number of thioether (sulfide) groups is 1. The van der Waals surface area contributed by atoms with E-state index in [4.69, 9.17) is 5.11 Å².